The lowest BCUT2D eigenvalue weighted by molar-refractivity contribution is -0.145. The van der Waals surface area contributed by atoms with Crippen LogP contribution >= 0.6 is 11.3 Å². The van der Waals surface area contributed by atoms with Gasteiger partial charge in [-0.1, -0.05) is 24.3 Å². The van der Waals surface area contributed by atoms with Gasteiger partial charge < -0.3 is 15.1 Å². The van der Waals surface area contributed by atoms with Crippen molar-refractivity contribution < 1.29 is 18.8 Å². The zero-order valence-electron chi connectivity index (χ0n) is 18.7. The molecule has 8 heteroatoms. The third-order valence-electron chi connectivity index (χ3n) is 6.59. The van der Waals surface area contributed by atoms with Crippen molar-refractivity contribution in [1.29, 1.82) is 0 Å². The Morgan fingerprint density at radius 2 is 1.82 bits per heavy atom. The van der Waals surface area contributed by atoms with Gasteiger partial charge in [0.25, 0.3) is 0 Å². The Balaban J connectivity index is 1.23. The molecule has 2 fully saturated rings. The molecule has 3 amide bonds. The van der Waals surface area contributed by atoms with Crippen LogP contribution in [0.3, 0.4) is 0 Å². The van der Waals surface area contributed by atoms with Crippen LogP contribution in [0.25, 0.3) is 0 Å². The molecule has 0 spiro atoms. The number of hydrogen-bond donors (Lipinski definition) is 1. The second-order valence-corrected chi connectivity index (χ2v) is 9.77. The largest absolute Gasteiger partial charge is 0.356 e. The van der Waals surface area contributed by atoms with Gasteiger partial charge in [0.15, 0.2) is 0 Å². The summed E-state index contributed by atoms with van der Waals surface area (Å²) in [6.45, 7) is 2.06. The van der Waals surface area contributed by atoms with Gasteiger partial charge in [0.05, 0.1) is 6.42 Å². The van der Waals surface area contributed by atoms with E-state index in [1.807, 2.05) is 22.4 Å². The molecule has 6 nitrogen and oxygen atoms in total. The van der Waals surface area contributed by atoms with Crippen LogP contribution in [0.15, 0.2) is 41.8 Å². The minimum absolute atomic E-state index is 0.00504. The Morgan fingerprint density at radius 1 is 1.03 bits per heavy atom. The van der Waals surface area contributed by atoms with Gasteiger partial charge in [0.1, 0.15) is 11.9 Å². The molecule has 1 atom stereocenters. The van der Waals surface area contributed by atoms with E-state index < -0.39 is 0 Å². The van der Waals surface area contributed by atoms with Crippen LogP contribution in [-0.2, 0) is 27.2 Å². The van der Waals surface area contributed by atoms with Crippen molar-refractivity contribution in [1.82, 2.24) is 15.1 Å². The van der Waals surface area contributed by atoms with E-state index in [1.165, 1.54) is 6.07 Å². The number of amides is 3. The first-order chi connectivity index (χ1) is 16.0. The molecular formula is C25H30FN3O3S. The molecule has 2 aromatic rings. The molecule has 33 heavy (non-hydrogen) atoms. The zero-order valence-corrected chi connectivity index (χ0v) is 19.5. The molecule has 1 aromatic heterocycles. The van der Waals surface area contributed by atoms with Crippen LogP contribution in [-0.4, -0.2) is 59.7 Å². The number of thiophene rings is 1. The maximum Gasteiger partial charge on any atom is 0.245 e. The number of benzene rings is 1. The van der Waals surface area contributed by atoms with Gasteiger partial charge in [-0.25, -0.2) is 4.39 Å². The number of halogens is 1. The molecule has 0 saturated carbocycles. The third kappa shape index (κ3) is 5.79. The van der Waals surface area contributed by atoms with E-state index >= 15 is 0 Å². The molecule has 1 unspecified atom stereocenters. The molecular weight excluding hydrogens is 441 g/mol. The van der Waals surface area contributed by atoms with E-state index in [-0.39, 0.29) is 35.5 Å². The van der Waals surface area contributed by atoms with Crippen molar-refractivity contribution in [2.45, 2.75) is 44.6 Å². The highest BCUT2D eigenvalue weighted by molar-refractivity contribution is 7.10. The highest BCUT2D eigenvalue weighted by atomic mass is 32.1. The fourth-order valence-electron chi connectivity index (χ4n) is 4.72. The van der Waals surface area contributed by atoms with E-state index in [1.54, 1.807) is 34.4 Å². The molecule has 0 radical (unpaired) electrons. The minimum Gasteiger partial charge on any atom is -0.356 e. The number of carbonyl (C=O) groups is 3. The SMILES string of the molecule is O=C(NCCc1ccccc1F)C1CCN(C(=O)C2CCCN2C(=O)Cc2cccs2)CC1. The maximum atomic E-state index is 13.7. The van der Waals surface area contributed by atoms with Gasteiger partial charge in [0.2, 0.25) is 17.7 Å². The lowest BCUT2D eigenvalue weighted by atomic mass is 9.95. The lowest BCUT2D eigenvalue weighted by Gasteiger charge is -2.35. The van der Waals surface area contributed by atoms with Crippen LogP contribution in [0.1, 0.15) is 36.1 Å². The maximum absolute atomic E-state index is 13.7. The number of rotatable bonds is 7. The van der Waals surface area contributed by atoms with Crippen molar-refractivity contribution in [3.63, 3.8) is 0 Å². The predicted molar refractivity (Wildman–Crippen MR) is 125 cm³/mol. The number of nitrogens with zero attached hydrogens (tertiary/aromatic N) is 2. The topological polar surface area (TPSA) is 69.7 Å². The highest BCUT2D eigenvalue weighted by Crippen LogP contribution is 2.25. The molecule has 2 saturated heterocycles. The normalized spacial score (nSPS) is 19.0. The first-order valence-electron chi connectivity index (χ1n) is 11.6. The van der Waals surface area contributed by atoms with Gasteiger partial charge in [-0.15, -0.1) is 11.3 Å². The van der Waals surface area contributed by atoms with Crippen LogP contribution in [0.4, 0.5) is 4.39 Å². The molecule has 2 aliphatic rings. The Morgan fingerprint density at radius 3 is 2.55 bits per heavy atom. The van der Waals surface area contributed by atoms with Crippen LogP contribution in [0.5, 0.6) is 0 Å². The summed E-state index contributed by atoms with van der Waals surface area (Å²) in [7, 11) is 0. The predicted octanol–water partition coefficient (Wildman–Crippen LogP) is 3.02. The Kier molecular flexibility index (Phi) is 7.75. The average molecular weight is 472 g/mol. The smallest absolute Gasteiger partial charge is 0.245 e. The monoisotopic (exact) mass is 471 g/mol. The summed E-state index contributed by atoms with van der Waals surface area (Å²) < 4.78 is 13.7. The summed E-state index contributed by atoms with van der Waals surface area (Å²) in [5, 5.41) is 4.86. The summed E-state index contributed by atoms with van der Waals surface area (Å²) in [6.07, 6.45) is 3.54. The fraction of sp³-hybridized carbons (Fsp3) is 0.480. The van der Waals surface area contributed by atoms with Crippen LogP contribution < -0.4 is 5.32 Å². The molecule has 2 aliphatic heterocycles. The fourth-order valence-corrected chi connectivity index (χ4v) is 5.42. The number of carbonyl (C=O) groups excluding carboxylic acids is 3. The first kappa shape index (κ1) is 23.4. The average Bonchev–Trinajstić information content (AvgIpc) is 3.52. The summed E-state index contributed by atoms with van der Waals surface area (Å²) in [4.78, 5) is 43.0. The highest BCUT2D eigenvalue weighted by Gasteiger charge is 2.38. The molecule has 176 valence electrons. The second kappa shape index (κ2) is 10.9. The van der Waals surface area contributed by atoms with Gasteiger partial charge >= 0.3 is 0 Å². The zero-order chi connectivity index (χ0) is 23.2. The quantitative estimate of drug-likeness (QED) is 0.675. The number of hydrogen-bond acceptors (Lipinski definition) is 4. The summed E-state index contributed by atoms with van der Waals surface area (Å²) >= 11 is 1.56. The molecule has 4 rings (SSSR count). The van der Waals surface area contributed by atoms with E-state index in [4.69, 9.17) is 0 Å². The second-order valence-electron chi connectivity index (χ2n) is 8.73. The molecule has 0 bridgehead atoms. The molecule has 3 heterocycles. The summed E-state index contributed by atoms with van der Waals surface area (Å²) in [5.41, 5.74) is 0.591. The Bertz CT molecular complexity index is 973. The van der Waals surface area contributed by atoms with Crippen molar-refractivity contribution >= 4 is 29.1 Å². The van der Waals surface area contributed by atoms with Crippen LogP contribution in [0.2, 0.25) is 0 Å². The summed E-state index contributed by atoms with van der Waals surface area (Å²) in [5.74, 6) is -0.418. The van der Waals surface area contributed by atoms with Gasteiger partial charge in [0, 0.05) is 37.0 Å². The summed E-state index contributed by atoms with van der Waals surface area (Å²) in [6, 6.07) is 10.1. The molecule has 1 aromatic carbocycles. The van der Waals surface area contributed by atoms with Crippen molar-refractivity contribution in [2.75, 3.05) is 26.2 Å². The Labute approximate surface area is 197 Å². The van der Waals surface area contributed by atoms with Crippen molar-refractivity contribution in [3.8, 4) is 0 Å². The van der Waals surface area contributed by atoms with Gasteiger partial charge in [-0.05, 0) is 55.2 Å². The Hall–Kier alpha value is -2.74. The van der Waals surface area contributed by atoms with E-state index in [9.17, 15) is 18.8 Å². The lowest BCUT2D eigenvalue weighted by Crippen LogP contribution is -2.51. The number of piperidine rings is 1. The van der Waals surface area contributed by atoms with Crippen molar-refractivity contribution in [3.05, 3.63) is 58.0 Å². The minimum atomic E-state index is -0.386. The van der Waals surface area contributed by atoms with E-state index in [0.717, 1.165) is 11.3 Å². The van der Waals surface area contributed by atoms with Crippen molar-refractivity contribution in [2.24, 2.45) is 5.92 Å². The number of likely N-dealkylation sites (tertiary alicyclic amines) is 2. The third-order valence-corrected chi connectivity index (χ3v) is 7.47. The number of nitrogens with one attached hydrogen (secondary N) is 1. The standard InChI is InChI=1S/C25H30FN3O3S/c26-21-7-2-1-5-18(21)9-12-27-24(31)19-10-14-28(15-11-19)25(32)22-8-3-13-29(22)23(30)17-20-6-4-16-33-20/h1-2,4-7,16,19,22H,3,8-15,17H2,(H,27,31). The molecule has 0 aliphatic carbocycles. The van der Waals surface area contributed by atoms with Gasteiger partial charge in [-0.2, -0.15) is 0 Å². The van der Waals surface area contributed by atoms with Crippen LogP contribution in [0, 0.1) is 11.7 Å². The van der Waals surface area contributed by atoms with E-state index in [0.29, 0.717) is 63.8 Å². The van der Waals surface area contributed by atoms with E-state index in [2.05, 4.69) is 5.32 Å². The van der Waals surface area contributed by atoms with Gasteiger partial charge in [-0.3, -0.25) is 14.4 Å². The molecule has 1 N–H and O–H groups in total. The first-order valence-corrected chi connectivity index (χ1v) is 12.5.